The molecule has 1 aliphatic heterocycles. The normalized spacial score (nSPS) is 18.9. The Balaban J connectivity index is 1.75. The van der Waals surface area contributed by atoms with Crippen molar-refractivity contribution in [2.75, 3.05) is 13.1 Å². The Morgan fingerprint density at radius 3 is 2.70 bits per heavy atom. The van der Waals surface area contributed by atoms with Gasteiger partial charge >= 0.3 is 6.18 Å². The number of piperidine rings is 1. The van der Waals surface area contributed by atoms with Crippen LogP contribution in [0.1, 0.15) is 22.5 Å². The summed E-state index contributed by atoms with van der Waals surface area (Å²) in [7, 11) is 0. The quantitative estimate of drug-likeness (QED) is 0.820. The molecule has 1 saturated heterocycles. The molecule has 0 N–H and O–H groups in total. The first-order chi connectivity index (χ1) is 10.9. The van der Waals surface area contributed by atoms with Gasteiger partial charge in [-0.1, -0.05) is 30.3 Å². The lowest BCUT2D eigenvalue weighted by atomic mass is 9.97. The maximum absolute atomic E-state index is 12.9. The van der Waals surface area contributed by atoms with E-state index in [1.807, 2.05) is 30.3 Å². The summed E-state index contributed by atoms with van der Waals surface area (Å²) >= 11 is 1.21. The summed E-state index contributed by atoms with van der Waals surface area (Å²) < 4.78 is 38.6. The summed E-state index contributed by atoms with van der Waals surface area (Å²) in [5, 5.41) is 0.693. The van der Waals surface area contributed by atoms with Gasteiger partial charge in [-0.05, 0) is 12.8 Å². The van der Waals surface area contributed by atoms with E-state index in [9.17, 15) is 18.0 Å². The number of hydrogen-bond donors (Lipinski definition) is 0. The summed E-state index contributed by atoms with van der Waals surface area (Å²) in [6.07, 6.45) is -2.33. The third kappa shape index (κ3) is 3.55. The number of halogens is 3. The minimum absolute atomic E-state index is 0.0885. The van der Waals surface area contributed by atoms with E-state index in [-0.39, 0.29) is 18.9 Å². The van der Waals surface area contributed by atoms with Crippen LogP contribution in [0.4, 0.5) is 13.2 Å². The van der Waals surface area contributed by atoms with Crippen molar-refractivity contribution in [1.82, 2.24) is 9.88 Å². The topological polar surface area (TPSA) is 33.2 Å². The lowest BCUT2D eigenvalue weighted by Gasteiger charge is -2.33. The molecule has 0 spiro atoms. The summed E-state index contributed by atoms with van der Waals surface area (Å²) in [5.74, 6) is -1.79. The van der Waals surface area contributed by atoms with Crippen LogP contribution in [0, 0.1) is 5.92 Å². The van der Waals surface area contributed by atoms with Crippen molar-refractivity contribution >= 4 is 17.2 Å². The summed E-state index contributed by atoms with van der Waals surface area (Å²) in [4.78, 5) is 18.3. The fourth-order valence-electron chi connectivity index (χ4n) is 2.67. The number of benzene rings is 1. The molecule has 1 amide bonds. The first-order valence-corrected chi connectivity index (χ1v) is 8.14. The molecule has 2 aromatic rings. The van der Waals surface area contributed by atoms with Crippen LogP contribution >= 0.6 is 11.3 Å². The first kappa shape index (κ1) is 16.0. The molecule has 0 unspecified atom stereocenters. The van der Waals surface area contributed by atoms with Crippen molar-refractivity contribution in [3.8, 4) is 10.6 Å². The predicted molar refractivity (Wildman–Crippen MR) is 82.2 cm³/mol. The van der Waals surface area contributed by atoms with Gasteiger partial charge in [-0.25, -0.2) is 4.98 Å². The molecule has 0 radical (unpaired) electrons. The van der Waals surface area contributed by atoms with Gasteiger partial charge in [0.05, 0.1) is 12.1 Å². The zero-order valence-corrected chi connectivity index (χ0v) is 13.0. The van der Waals surface area contributed by atoms with Gasteiger partial charge in [0.25, 0.3) is 5.91 Å². The first-order valence-electron chi connectivity index (χ1n) is 7.32. The van der Waals surface area contributed by atoms with Crippen LogP contribution in [-0.2, 0) is 0 Å². The van der Waals surface area contributed by atoms with E-state index in [1.165, 1.54) is 22.4 Å². The van der Waals surface area contributed by atoms with Gasteiger partial charge in [0.15, 0.2) is 0 Å². The van der Waals surface area contributed by atoms with Crippen LogP contribution in [-0.4, -0.2) is 35.1 Å². The molecule has 0 aliphatic carbocycles. The molecule has 1 aromatic heterocycles. The number of likely N-dealkylation sites (tertiary alicyclic amines) is 1. The standard InChI is InChI=1S/C16H15F3N2OS/c17-16(18,19)12-7-4-8-21(10-12)15(22)13-9-20-14(23-13)11-5-2-1-3-6-11/h1-3,5-6,9,12H,4,7-8,10H2/t12-/m1/s1. The summed E-state index contributed by atoms with van der Waals surface area (Å²) in [6, 6.07) is 9.39. The number of carbonyl (C=O) groups excluding carboxylic acids is 1. The fraction of sp³-hybridized carbons (Fsp3) is 0.375. The third-order valence-corrected chi connectivity index (χ3v) is 4.94. The molecular weight excluding hydrogens is 325 g/mol. The number of carbonyl (C=O) groups is 1. The van der Waals surface area contributed by atoms with Crippen molar-refractivity contribution in [3.63, 3.8) is 0 Å². The molecular formula is C16H15F3N2OS. The zero-order valence-electron chi connectivity index (χ0n) is 12.2. The van der Waals surface area contributed by atoms with E-state index in [1.54, 1.807) is 0 Å². The number of thiazole rings is 1. The Kier molecular flexibility index (Phi) is 4.39. The molecule has 1 fully saturated rings. The molecule has 23 heavy (non-hydrogen) atoms. The molecule has 0 bridgehead atoms. The fourth-order valence-corrected chi connectivity index (χ4v) is 3.56. The van der Waals surface area contributed by atoms with Crippen LogP contribution in [0.5, 0.6) is 0 Å². The molecule has 1 aliphatic rings. The van der Waals surface area contributed by atoms with Gasteiger partial charge < -0.3 is 4.90 Å². The van der Waals surface area contributed by atoms with Crippen LogP contribution in [0.3, 0.4) is 0 Å². The average Bonchev–Trinajstić information content (AvgIpc) is 3.04. The van der Waals surface area contributed by atoms with Crippen molar-refractivity contribution in [1.29, 1.82) is 0 Å². The number of amides is 1. The molecule has 122 valence electrons. The van der Waals surface area contributed by atoms with Crippen molar-refractivity contribution in [2.24, 2.45) is 5.92 Å². The van der Waals surface area contributed by atoms with Gasteiger partial charge in [0.2, 0.25) is 0 Å². The van der Waals surface area contributed by atoms with Crippen molar-refractivity contribution < 1.29 is 18.0 Å². The molecule has 1 atom stereocenters. The Morgan fingerprint density at radius 1 is 1.26 bits per heavy atom. The second-order valence-corrected chi connectivity index (χ2v) is 6.56. The zero-order chi connectivity index (χ0) is 16.4. The lowest BCUT2D eigenvalue weighted by Crippen LogP contribution is -2.44. The molecule has 3 rings (SSSR count). The van der Waals surface area contributed by atoms with Gasteiger partial charge in [-0.15, -0.1) is 11.3 Å². The number of aromatic nitrogens is 1. The van der Waals surface area contributed by atoms with E-state index in [4.69, 9.17) is 0 Å². The molecule has 0 saturated carbocycles. The highest BCUT2D eigenvalue weighted by atomic mass is 32.1. The summed E-state index contributed by atoms with van der Waals surface area (Å²) in [6.45, 7) is 0.102. The minimum Gasteiger partial charge on any atom is -0.337 e. The van der Waals surface area contributed by atoms with Crippen LogP contribution < -0.4 is 0 Å². The second kappa shape index (κ2) is 6.31. The van der Waals surface area contributed by atoms with E-state index < -0.39 is 12.1 Å². The van der Waals surface area contributed by atoms with Gasteiger partial charge in [-0.3, -0.25) is 4.79 Å². The largest absolute Gasteiger partial charge is 0.393 e. The van der Waals surface area contributed by atoms with E-state index >= 15 is 0 Å². The third-order valence-electron chi connectivity index (χ3n) is 3.91. The van der Waals surface area contributed by atoms with E-state index in [0.29, 0.717) is 22.9 Å². The number of nitrogens with zero attached hydrogens (tertiary/aromatic N) is 2. The monoisotopic (exact) mass is 340 g/mol. The average molecular weight is 340 g/mol. The van der Waals surface area contributed by atoms with Crippen LogP contribution in [0.25, 0.3) is 10.6 Å². The number of alkyl halides is 3. The Hall–Kier alpha value is -1.89. The highest BCUT2D eigenvalue weighted by Crippen LogP contribution is 2.34. The second-order valence-electron chi connectivity index (χ2n) is 5.53. The predicted octanol–water partition coefficient (Wildman–Crippen LogP) is 4.22. The van der Waals surface area contributed by atoms with Crippen molar-refractivity contribution in [3.05, 3.63) is 41.4 Å². The van der Waals surface area contributed by atoms with Crippen LogP contribution in [0.15, 0.2) is 36.5 Å². The SMILES string of the molecule is O=C(c1cnc(-c2ccccc2)s1)N1CCC[C@@H](C(F)(F)F)C1. The highest BCUT2D eigenvalue weighted by molar-refractivity contribution is 7.16. The number of rotatable bonds is 2. The van der Waals surface area contributed by atoms with E-state index in [2.05, 4.69) is 4.98 Å². The number of hydrogen-bond acceptors (Lipinski definition) is 3. The van der Waals surface area contributed by atoms with Gasteiger partial charge in [0.1, 0.15) is 9.88 Å². The Labute approximate surface area is 135 Å². The molecule has 7 heteroatoms. The van der Waals surface area contributed by atoms with Gasteiger partial charge in [-0.2, -0.15) is 13.2 Å². The molecule has 2 heterocycles. The maximum Gasteiger partial charge on any atom is 0.393 e. The Morgan fingerprint density at radius 2 is 2.00 bits per heavy atom. The smallest absolute Gasteiger partial charge is 0.337 e. The minimum atomic E-state index is -4.25. The van der Waals surface area contributed by atoms with Crippen molar-refractivity contribution in [2.45, 2.75) is 19.0 Å². The highest BCUT2D eigenvalue weighted by Gasteiger charge is 2.42. The van der Waals surface area contributed by atoms with E-state index in [0.717, 1.165) is 5.56 Å². The molecule has 3 nitrogen and oxygen atoms in total. The molecule has 1 aromatic carbocycles. The maximum atomic E-state index is 12.9. The summed E-state index contributed by atoms with van der Waals surface area (Å²) in [5.41, 5.74) is 0.892. The van der Waals surface area contributed by atoms with Gasteiger partial charge in [0, 0.05) is 18.7 Å². The van der Waals surface area contributed by atoms with Crippen LogP contribution in [0.2, 0.25) is 0 Å². The lowest BCUT2D eigenvalue weighted by molar-refractivity contribution is -0.184. The Bertz CT molecular complexity index is 684.